The number of Topliss-reactive ketones (excluding diaryl/α,β-unsaturated/α-hetero) is 1. The summed E-state index contributed by atoms with van der Waals surface area (Å²) in [5.41, 5.74) is -0.492. The fourth-order valence-corrected chi connectivity index (χ4v) is 4.84. The number of sulfonamides is 1. The number of para-hydroxylation sites is 1. The molecule has 170 valence electrons. The van der Waals surface area contributed by atoms with Crippen LogP contribution in [0.3, 0.4) is 0 Å². The predicted octanol–water partition coefficient (Wildman–Crippen LogP) is 4.01. The van der Waals surface area contributed by atoms with Crippen molar-refractivity contribution in [3.8, 4) is 0 Å². The van der Waals surface area contributed by atoms with Crippen LogP contribution >= 0.6 is 11.6 Å². The van der Waals surface area contributed by atoms with Crippen LogP contribution in [0, 0.1) is 20.2 Å². The summed E-state index contributed by atoms with van der Waals surface area (Å²) in [6, 6.07) is 15.8. The van der Waals surface area contributed by atoms with Gasteiger partial charge in [0.15, 0.2) is 10.7 Å². The summed E-state index contributed by atoms with van der Waals surface area (Å²) in [6.07, 6.45) is 0. The Labute approximate surface area is 193 Å². The van der Waals surface area contributed by atoms with E-state index in [9.17, 15) is 33.4 Å². The standard InChI is InChI=1S/C21H16ClN3O7S/c22-19(14-10-12-16(13-11-14)24(27)28)20(21(26)15-6-2-1-3-7-15)23-33(31,32)18-9-5-4-8-17(18)25(29)30/h1-13,19-20,23H/t19-,20-/m1/s1. The summed E-state index contributed by atoms with van der Waals surface area (Å²) in [7, 11) is -4.57. The van der Waals surface area contributed by atoms with Crippen molar-refractivity contribution in [3.63, 3.8) is 0 Å². The molecule has 0 bridgehead atoms. The van der Waals surface area contributed by atoms with Crippen molar-refractivity contribution in [2.24, 2.45) is 0 Å². The smallest absolute Gasteiger partial charge is 0.289 e. The Morgan fingerprint density at radius 2 is 1.42 bits per heavy atom. The number of nitrogens with zero attached hydrogens (tertiary/aromatic N) is 2. The van der Waals surface area contributed by atoms with Gasteiger partial charge in [-0.3, -0.25) is 25.0 Å². The van der Waals surface area contributed by atoms with Gasteiger partial charge in [-0.05, 0) is 11.6 Å². The molecule has 1 N–H and O–H groups in total. The minimum Gasteiger partial charge on any atom is -0.292 e. The molecule has 0 aliphatic carbocycles. The van der Waals surface area contributed by atoms with Gasteiger partial charge in [-0.2, -0.15) is 4.72 Å². The van der Waals surface area contributed by atoms with E-state index in [2.05, 4.69) is 4.72 Å². The largest absolute Gasteiger partial charge is 0.292 e. The highest BCUT2D eigenvalue weighted by molar-refractivity contribution is 7.89. The number of nitrogens with one attached hydrogen (secondary N) is 1. The third kappa shape index (κ3) is 5.40. The lowest BCUT2D eigenvalue weighted by molar-refractivity contribution is -0.387. The molecule has 10 nitrogen and oxygen atoms in total. The summed E-state index contributed by atoms with van der Waals surface area (Å²) in [5, 5.41) is 20.9. The maximum atomic E-state index is 13.2. The lowest BCUT2D eigenvalue weighted by Crippen LogP contribution is -2.43. The van der Waals surface area contributed by atoms with Crippen LogP contribution in [-0.2, 0) is 10.0 Å². The Bertz CT molecular complexity index is 1300. The minimum absolute atomic E-state index is 0.153. The summed E-state index contributed by atoms with van der Waals surface area (Å²) in [4.78, 5) is 33.3. The quantitative estimate of drug-likeness (QED) is 0.206. The van der Waals surface area contributed by atoms with E-state index < -0.39 is 47.7 Å². The summed E-state index contributed by atoms with van der Waals surface area (Å²) in [5.74, 6) is -0.684. The predicted molar refractivity (Wildman–Crippen MR) is 120 cm³/mol. The maximum Gasteiger partial charge on any atom is 0.289 e. The summed E-state index contributed by atoms with van der Waals surface area (Å²) in [6.45, 7) is 0. The molecule has 3 rings (SSSR count). The molecular formula is C21H16ClN3O7S. The van der Waals surface area contributed by atoms with Crippen LogP contribution in [0.4, 0.5) is 11.4 Å². The Morgan fingerprint density at radius 1 is 0.848 bits per heavy atom. The molecule has 0 saturated heterocycles. The Morgan fingerprint density at radius 3 is 2.00 bits per heavy atom. The van der Waals surface area contributed by atoms with Crippen molar-refractivity contribution in [1.82, 2.24) is 4.72 Å². The van der Waals surface area contributed by atoms with E-state index in [0.717, 1.165) is 12.1 Å². The molecule has 2 atom stereocenters. The highest BCUT2D eigenvalue weighted by atomic mass is 35.5. The monoisotopic (exact) mass is 489 g/mol. The molecule has 0 amide bonds. The van der Waals surface area contributed by atoms with Gasteiger partial charge in [0.2, 0.25) is 10.0 Å². The molecule has 33 heavy (non-hydrogen) atoms. The number of halogens is 1. The van der Waals surface area contributed by atoms with Crippen LogP contribution in [0.15, 0.2) is 83.8 Å². The van der Waals surface area contributed by atoms with Gasteiger partial charge in [-0.15, -0.1) is 11.6 Å². The second-order valence-electron chi connectivity index (χ2n) is 6.80. The zero-order chi connectivity index (χ0) is 24.2. The Kier molecular flexibility index (Phi) is 7.16. The van der Waals surface area contributed by atoms with Gasteiger partial charge >= 0.3 is 0 Å². The molecule has 3 aromatic rings. The van der Waals surface area contributed by atoms with Crippen molar-refractivity contribution in [2.75, 3.05) is 0 Å². The van der Waals surface area contributed by atoms with Gasteiger partial charge in [-0.25, -0.2) is 8.42 Å². The van der Waals surface area contributed by atoms with Crippen LogP contribution in [0.2, 0.25) is 0 Å². The van der Waals surface area contributed by atoms with Gasteiger partial charge in [0.25, 0.3) is 11.4 Å². The lowest BCUT2D eigenvalue weighted by atomic mass is 9.98. The number of nitro benzene ring substituents is 2. The third-order valence-corrected chi connectivity index (χ3v) is 6.68. The molecule has 12 heteroatoms. The van der Waals surface area contributed by atoms with E-state index in [1.807, 2.05) is 0 Å². The van der Waals surface area contributed by atoms with Crippen LogP contribution in [0.25, 0.3) is 0 Å². The minimum atomic E-state index is -4.57. The van der Waals surface area contributed by atoms with Gasteiger partial charge in [-0.1, -0.05) is 54.6 Å². The number of benzene rings is 3. The fourth-order valence-electron chi connectivity index (χ4n) is 3.07. The molecule has 0 aromatic heterocycles. The van der Waals surface area contributed by atoms with Gasteiger partial charge in [0, 0.05) is 23.8 Å². The van der Waals surface area contributed by atoms with Crippen LogP contribution in [0.5, 0.6) is 0 Å². The normalized spacial score (nSPS) is 13.1. The number of alkyl halides is 1. The topological polar surface area (TPSA) is 150 Å². The molecule has 0 heterocycles. The first kappa shape index (κ1) is 24.0. The number of hydrogen-bond acceptors (Lipinski definition) is 7. The average molecular weight is 490 g/mol. The number of nitro groups is 2. The van der Waals surface area contributed by atoms with E-state index in [-0.39, 0.29) is 16.8 Å². The van der Waals surface area contributed by atoms with E-state index in [0.29, 0.717) is 0 Å². The van der Waals surface area contributed by atoms with Crippen LogP contribution in [0.1, 0.15) is 21.3 Å². The van der Waals surface area contributed by atoms with Crippen LogP contribution < -0.4 is 4.72 Å². The van der Waals surface area contributed by atoms with E-state index in [1.54, 1.807) is 18.2 Å². The molecule has 0 radical (unpaired) electrons. The first-order valence-electron chi connectivity index (χ1n) is 9.35. The first-order chi connectivity index (χ1) is 15.6. The zero-order valence-electron chi connectivity index (χ0n) is 16.7. The molecule has 3 aromatic carbocycles. The SMILES string of the molecule is O=C(c1ccccc1)[C@H](NS(=O)(=O)c1ccccc1[N+](=O)[O-])[C@H](Cl)c1ccc([N+](=O)[O-])cc1. The number of carbonyl (C=O) groups excluding carboxylic acids is 1. The Hall–Kier alpha value is -3.67. The highest BCUT2D eigenvalue weighted by Crippen LogP contribution is 2.31. The number of ketones is 1. The molecule has 0 unspecified atom stereocenters. The second kappa shape index (κ2) is 9.86. The molecule has 0 fully saturated rings. The van der Waals surface area contributed by atoms with Crippen molar-refractivity contribution >= 4 is 38.8 Å². The number of hydrogen-bond donors (Lipinski definition) is 1. The number of rotatable bonds is 9. The van der Waals surface area contributed by atoms with Gasteiger partial charge in [0.1, 0.15) is 6.04 Å². The van der Waals surface area contributed by atoms with Gasteiger partial charge < -0.3 is 0 Å². The van der Waals surface area contributed by atoms with E-state index in [4.69, 9.17) is 11.6 Å². The zero-order valence-corrected chi connectivity index (χ0v) is 18.3. The molecular weight excluding hydrogens is 474 g/mol. The number of non-ortho nitro benzene ring substituents is 1. The highest BCUT2D eigenvalue weighted by Gasteiger charge is 2.36. The first-order valence-corrected chi connectivity index (χ1v) is 11.3. The van der Waals surface area contributed by atoms with E-state index in [1.165, 1.54) is 48.5 Å². The molecule has 0 aliphatic rings. The molecule has 0 spiro atoms. The van der Waals surface area contributed by atoms with E-state index >= 15 is 0 Å². The Balaban J connectivity index is 2.05. The molecule has 0 aliphatic heterocycles. The van der Waals surface area contributed by atoms with Gasteiger partial charge in [0.05, 0.1) is 15.2 Å². The van der Waals surface area contributed by atoms with Crippen molar-refractivity contribution in [3.05, 3.63) is 110 Å². The maximum absolute atomic E-state index is 13.2. The van der Waals surface area contributed by atoms with Crippen molar-refractivity contribution in [2.45, 2.75) is 16.3 Å². The summed E-state index contributed by atoms with van der Waals surface area (Å²) >= 11 is 6.49. The third-order valence-electron chi connectivity index (χ3n) is 4.69. The van der Waals surface area contributed by atoms with Crippen molar-refractivity contribution < 1.29 is 23.1 Å². The van der Waals surface area contributed by atoms with Crippen LogP contribution in [-0.4, -0.2) is 30.1 Å². The average Bonchev–Trinajstić information content (AvgIpc) is 2.82. The fraction of sp³-hybridized carbons (Fsp3) is 0.0952. The number of carbonyl (C=O) groups is 1. The summed E-state index contributed by atoms with van der Waals surface area (Å²) < 4.78 is 28.3. The molecule has 0 saturated carbocycles. The lowest BCUT2D eigenvalue weighted by Gasteiger charge is -2.23. The van der Waals surface area contributed by atoms with Crippen molar-refractivity contribution in [1.29, 1.82) is 0 Å². The second-order valence-corrected chi connectivity index (χ2v) is 8.96.